The van der Waals surface area contributed by atoms with Crippen molar-refractivity contribution >= 4 is 40.6 Å². The summed E-state index contributed by atoms with van der Waals surface area (Å²) in [4.78, 5) is 23.0. The lowest BCUT2D eigenvalue weighted by molar-refractivity contribution is -0.119. The van der Waals surface area contributed by atoms with Crippen molar-refractivity contribution in [1.82, 2.24) is 0 Å². The van der Waals surface area contributed by atoms with E-state index in [-0.39, 0.29) is 33.7 Å². The van der Waals surface area contributed by atoms with Crippen LogP contribution in [0.15, 0.2) is 49.1 Å². The number of amides is 1. The van der Waals surface area contributed by atoms with E-state index in [0.29, 0.717) is 17.5 Å². The molecule has 2 aromatic carbocycles. The number of nitrogens with one attached hydrogen (secondary N) is 1. The molecular formula is C20H17Cl2F2NO4. The highest BCUT2D eigenvalue weighted by atomic mass is 35.5. The van der Waals surface area contributed by atoms with Crippen molar-refractivity contribution in [3.63, 3.8) is 0 Å². The molecule has 0 atom stereocenters. The molecule has 29 heavy (non-hydrogen) atoms. The summed E-state index contributed by atoms with van der Waals surface area (Å²) in [6.45, 7) is 3.94. The van der Waals surface area contributed by atoms with Gasteiger partial charge in [0.05, 0.1) is 10.0 Å². The van der Waals surface area contributed by atoms with Crippen molar-refractivity contribution in [3.8, 4) is 11.5 Å². The van der Waals surface area contributed by atoms with Crippen LogP contribution in [0, 0.1) is 0 Å². The Hall–Kier alpha value is -2.64. The number of anilines is 1. The molecule has 0 fully saturated rings. The Bertz CT molecular complexity index is 935. The summed E-state index contributed by atoms with van der Waals surface area (Å²) in [5, 5.41) is 2.71. The van der Waals surface area contributed by atoms with Gasteiger partial charge in [-0.25, -0.2) is 0 Å². The topological polar surface area (TPSA) is 64.6 Å². The average molecular weight is 444 g/mol. The van der Waals surface area contributed by atoms with E-state index in [9.17, 15) is 18.4 Å². The maximum absolute atomic E-state index is 13.6. The normalized spacial score (nSPS) is 10.9. The number of carbonyl (C=O) groups is 2. The smallest absolute Gasteiger partial charge is 0.291 e. The van der Waals surface area contributed by atoms with Crippen LogP contribution in [0.2, 0.25) is 10.0 Å². The number of ketones is 1. The molecule has 154 valence electrons. The molecule has 1 amide bonds. The summed E-state index contributed by atoms with van der Waals surface area (Å²) in [6.07, 6.45) is 0.508. The predicted molar refractivity (Wildman–Crippen MR) is 107 cm³/mol. The van der Waals surface area contributed by atoms with Crippen molar-refractivity contribution in [2.24, 2.45) is 0 Å². The van der Waals surface area contributed by atoms with E-state index in [1.54, 1.807) is 6.07 Å². The second kappa shape index (κ2) is 9.71. The number of rotatable bonds is 9. The van der Waals surface area contributed by atoms with Crippen LogP contribution in [0.1, 0.15) is 12.5 Å². The first kappa shape index (κ1) is 22.6. The van der Waals surface area contributed by atoms with Gasteiger partial charge in [0.1, 0.15) is 18.1 Å². The van der Waals surface area contributed by atoms with Crippen molar-refractivity contribution < 1.29 is 27.8 Å². The van der Waals surface area contributed by atoms with Crippen LogP contribution >= 0.6 is 23.2 Å². The molecule has 1 N–H and O–H groups in total. The number of Topliss-reactive ketones (excluding diaryl/α,β-unsaturated/α-hetero) is 1. The second-order valence-electron chi connectivity index (χ2n) is 5.95. The molecule has 0 saturated heterocycles. The fourth-order valence-corrected chi connectivity index (χ4v) is 2.63. The first-order valence-corrected chi connectivity index (χ1v) is 9.04. The van der Waals surface area contributed by atoms with Crippen LogP contribution in [0.5, 0.6) is 11.5 Å². The molecule has 0 aliphatic carbocycles. The zero-order valence-electron chi connectivity index (χ0n) is 15.3. The Kier molecular flexibility index (Phi) is 7.59. The summed E-state index contributed by atoms with van der Waals surface area (Å²) < 4.78 is 37.7. The molecule has 0 spiro atoms. The van der Waals surface area contributed by atoms with E-state index in [1.807, 2.05) is 0 Å². The third-order valence-corrected chi connectivity index (χ3v) is 4.17. The fraction of sp³-hybridized carbons (Fsp3) is 0.200. The first-order valence-electron chi connectivity index (χ1n) is 8.28. The molecule has 5 nitrogen and oxygen atoms in total. The molecule has 0 aromatic heterocycles. The number of hydrogen-bond acceptors (Lipinski definition) is 4. The molecule has 9 heteroatoms. The van der Waals surface area contributed by atoms with Crippen molar-refractivity contribution in [1.29, 1.82) is 0 Å². The number of allylic oxidation sites excluding steroid dienone is 1. The minimum absolute atomic E-state index is 0.0631. The molecule has 0 heterocycles. The Morgan fingerprint density at radius 2 is 1.66 bits per heavy atom. The maximum Gasteiger partial charge on any atom is 0.291 e. The van der Waals surface area contributed by atoms with E-state index in [2.05, 4.69) is 11.9 Å². The highest BCUT2D eigenvalue weighted by Gasteiger charge is 2.27. The van der Waals surface area contributed by atoms with Gasteiger partial charge in [-0.2, -0.15) is 8.78 Å². The zero-order chi connectivity index (χ0) is 21.6. The average Bonchev–Trinajstić information content (AvgIpc) is 2.66. The molecule has 0 saturated carbocycles. The SMILES string of the molecule is C=CC(F)(F)c1ccc(OCC(=O)Nc2ccc(OCC(C)=O)c(Cl)c2)c(Cl)c1. The van der Waals surface area contributed by atoms with E-state index in [0.717, 1.165) is 12.1 Å². The molecule has 2 rings (SSSR count). The van der Waals surface area contributed by atoms with Crippen LogP contribution in [-0.2, 0) is 15.5 Å². The van der Waals surface area contributed by atoms with Crippen LogP contribution < -0.4 is 14.8 Å². The number of alkyl halides is 2. The minimum Gasteiger partial charge on any atom is -0.484 e. The monoisotopic (exact) mass is 443 g/mol. The van der Waals surface area contributed by atoms with Gasteiger partial charge in [-0.15, -0.1) is 0 Å². The Labute approximate surface area is 176 Å². The maximum atomic E-state index is 13.6. The predicted octanol–water partition coefficient (Wildman–Crippen LogP) is 5.26. The van der Waals surface area contributed by atoms with Gasteiger partial charge in [-0.3, -0.25) is 9.59 Å². The highest BCUT2D eigenvalue weighted by Crippen LogP contribution is 2.34. The Morgan fingerprint density at radius 1 is 1.07 bits per heavy atom. The van der Waals surface area contributed by atoms with Gasteiger partial charge in [0, 0.05) is 11.3 Å². The molecular weight excluding hydrogens is 427 g/mol. The van der Waals surface area contributed by atoms with Crippen LogP contribution in [-0.4, -0.2) is 24.9 Å². The van der Waals surface area contributed by atoms with E-state index in [1.165, 1.54) is 25.1 Å². The van der Waals surface area contributed by atoms with Crippen molar-refractivity contribution in [3.05, 3.63) is 64.7 Å². The lowest BCUT2D eigenvalue weighted by atomic mass is 10.1. The molecule has 0 aliphatic rings. The van der Waals surface area contributed by atoms with Gasteiger partial charge in [0.2, 0.25) is 0 Å². The quantitative estimate of drug-likeness (QED) is 0.537. The summed E-state index contributed by atoms with van der Waals surface area (Å²) in [7, 11) is 0. The van der Waals surface area contributed by atoms with Gasteiger partial charge < -0.3 is 14.8 Å². The van der Waals surface area contributed by atoms with Gasteiger partial charge in [-0.05, 0) is 49.4 Å². The zero-order valence-corrected chi connectivity index (χ0v) is 16.8. The van der Waals surface area contributed by atoms with E-state index >= 15 is 0 Å². The van der Waals surface area contributed by atoms with Crippen LogP contribution in [0.25, 0.3) is 0 Å². The molecule has 0 aliphatic heterocycles. The molecule has 0 unspecified atom stereocenters. The van der Waals surface area contributed by atoms with Crippen molar-refractivity contribution in [2.75, 3.05) is 18.5 Å². The standard InChI is InChI=1S/C20H17Cl2F2NO4/c1-3-20(23,24)13-4-6-17(15(21)8-13)29-11-19(27)25-14-5-7-18(16(22)9-14)28-10-12(2)26/h3-9H,1,10-11H2,2H3,(H,25,27). The lowest BCUT2D eigenvalue weighted by Crippen LogP contribution is -2.20. The number of benzene rings is 2. The largest absolute Gasteiger partial charge is 0.484 e. The Balaban J connectivity index is 1.95. The molecule has 0 radical (unpaired) electrons. The van der Waals surface area contributed by atoms with Crippen molar-refractivity contribution in [2.45, 2.75) is 12.8 Å². The summed E-state index contributed by atoms with van der Waals surface area (Å²) >= 11 is 12.0. The number of halogens is 4. The number of ether oxygens (including phenoxy) is 2. The number of hydrogen-bond donors (Lipinski definition) is 1. The van der Waals surface area contributed by atoms with Crippen LogP contribution in [0.3, 0.4) is 0 Å². The number of carbonyl (C=O) groups excluding carboxylic acids is 2. The lowest BCUT2D eigenvalue weighted by Gasteiger charge is -2.14. The highest BCUT2D eigenvalue weighted by molar-refractivity contribution is 6.32. The second-order valence-corrected chi connectivity index (χ2v) is 6.76. The summed E-state index contributed by atoms with van der Waals surface area (Å²) in [6, 6.07) is 7.94. The molecule has 0 bridgehead atoms. The summed E-state index contributed by atoms with van der Waals surface area (Å²) in [5.41, 5.74) is 0.0434. The Morgan fingerprint density at radius 3 is 2.21 bits per heavy atom. The summed E-state index contributed by atoms with van der Waals surface area (Å²) in [5.74, 6) is -3.51. The van der Waals surface area contributed by atoms with Gasteiger partial charge in [0.15, 0.2) is 12.4 Å². The van der Waals surface area contributed by atoms with E-state index in [4.69, 9.17) is 32.7 Å². The van der Waals surface area contributed by atoms with Gasteiger partial charge in [0.25, 0.3) is 11.8 Å². The fourth-order valence-electron chi connectivity index (χ4n) is 2.16. The third kappa shape index (κ3) is 6.44. The van der Waals surface area contributed by atoms with Crippen LogP contribution in [0.4, 0.5) is 14.5 Å². The minimum atomic E-state index is -3.22. The first-order chi connectivity index (χ1) is 13.6. The van der Waals surface area contributed by atoms with E-state index < -0.39 is 18.4 Å². The molecule has 2 aromatic rings. The third-order valence-electron chi connectivity index (χ3n) is 3.58. The van der Waals surface area contributed by atoms with Gasteiger partial charge in [-0.1, -0.05) is 29.8 Å². The van der Waals surface area contributed by atoms with Gasteiger partial charge >= 0.3 is 0 Å².